The molecule has 0 rings (SSSR count). The van der Waals surface area contributed by atoms with Crippen LogP contribution in [0, 0.1) is 0 Å². The molecule has 0 aliphatic rings. The second-order valence-corrected chi connectivity index (χ2v) is 13.2. The Labute approximate surface area is 132 Å². The largest absolute Gasteiger partial charge is 0.469 e. The van der Waals surface area contributed by atoms with E-state index in [0.717, 1.165) is 0 Å². The van der Waals surface area contributed by atoms with Gasteiger partial charge in [0, 0.05) is 6.42 Å². The lowest BCUT2D eigenvalue weighted by Gasteiger charge is -2.39. The summed E-state index contributed by atoms with van der Waals surface area (Å²) in [6, 6.07) is 0. The SMILES string of the molecule is COC(=O)CC(CC(=O)CP(=O)(O)O)O[Si](C)(C)C(C)(C)C. The third-order valence-corrected chi connectivity index (χ3v) is 9.03. The Kier molecular flexibility index (Phi) is 7.64. The van der Waals surface area contributed by atoms with Crippen LogP contribution in [0.5, 0.6) is 0 Å². The van der Waals surface area contributed by atoms with E-state index in [0.29, 0.717) is 0 Å². The van der Waals surface area contributed by atoms with Gasteiger partial charge in [0.1, 0.15) is 11.9 Å². The minimum Gasteiger partial charge on any atom is -0.469 e. The fraction of sp³-hybridized carbons (Fsp3) is 0.846. The zero-order valence-electron chi connectivity index (χ0n) is 14.1. The molecule has 0 aromatic carbocycles. The van der Waals surface area contributed by atoms with Crippen molar-refractivity contribution in [1.82, 2.24) is 0 Å². The van der Waals surface area contributed by atoms with Crippen LogP contribution in [0.2, 0.25) is 18.1 Å². The summed E-state index contributed by atoms with van der Waals surface area (Å²) < 4.78 is 21.5. The molecule has 130 valence electrons. The van der Waals surface area contributed by atoms with Crippen molar-refractivity contribution in [2.45, 2.75) is 57.8 Å². The first-order chi connectivity index (χ1) is 9.68. The summed E-state index contributed by atoms with van der Waals surface area (Å²) in [5.74, 6) is -1.14. The topological polar surface area (TPSA) is 110 Å². The number of esters is 1. The lowest BCUT2D eigenvalue weighted by molar-refractivity contribution is -0.142. The second kappa shape index (κ2) is 7.83. The maximum absolute atomic E-state index is 11.8. The average Bonchev–Trinajstić information content (AvgIpc) is 2.23. The molecule has 0 saturated heterocycles. The second-order valence-electron chi connectivity index (χ2n) is 6.85. The van der Waals surface area contributed by atoms with Gasteiger partial charge in [-0.1, -0.05) is 20.8 Å². The van der Waals surface area contributed by atoms with Crippen molar-refractivity contribution in [3.05, 3.63) is 0 Å². The van der Waals surface area contributed by atoms with E-state index < -0.39 is 39.9 Å². The maximum Gasteiger partial charge on any atom is 0.332 e. The van der Waals surface area contributed by atoms with E-state index in [1.165, 1.54) is 7.11 Å². The molecular weight excluding hydrogens is 327 g/mol. The predicted molar refractivity (Wildman–Crippen MR) is 85.2 cm³/mol. The van der Waals surface area contributed by atoms with Crippen LogP contribution in [0.25, 0.3) is 0 Å². The van der Waals surface area contributed by atoms with Crippen molar-refractivity contribution >= 4 is 27.7 Å². The van der Waals surface area contributed by atoms with Gasteiger partial charge in [-0.3, -0.25) is 14.2 Å². The molecule has 2 N–H and O–H groups in total. The summed E-state index contributed by atoms with van der Waals surface area (Å²) in [6.07, 6.45) is -1.90. The number of ketones is 1. The van der Waals surface area contributed by atoms with Crippen LogP contribution in [0.4, 0.5) is 0 Å². The molecule has 22 heavy (non-hydrogen) atoms. The molecule has 7 nitrogen and oxygen atoms in total. The van der Waals surface area contributed by atoms with E-state index in [1.807, 2.05) is 33.9 Å². The third kappa shape index (κ3) is 8.19. The molecule has 0 amide bonds. The van der Waals surface area contributed by atoms with Gasteiger partial charge >= 0.3 is 13.6 Å². The first-order valence-corrected chi connectivity index (χ1v) is 11.7. The highest BCUT2D eigenvalue weighted by atomic mass is 31.2. The van der Waals surface area contributed by atoms with Gasteiger partial charge in [0.2, 0.25) is 0 Å². The van der Waals surface area contributed by atoms with Gasteiger partial charge in [-0.15, -0.1) is 0 Å². The fourth-order valence-electron chi connectivity index (χ4n) is 1.57. The molecular formula is C13H27O7PSi. The van der Waals surface area contributed by atoms with Crippen molar-refractivity contribution in [3.63, 3.8) is 0 Å². The van der Waals surface area contributed by atoms with Crippen LogP contribution in [0.3, 0.4) is 0 Å². The van der Waals surface area contributed by atoms with Crippen molar-refractivity contribution in [3.8, 4) is 0 Å². The number of ether oxygens (including phenoxy) is 1. The van der Waals surface area contributed by atoms with E-state index in [4.69, 9.17) is 14.2 Å². The number of carbonyl (C=O) groups excluding carboxylic acids is 2. The molecule has 0 aromatic heterocycles. The minimum absolute atomic E-state index is 0.115. The van der Waals surface area contributed by atoms with Crippen LogP contribution < -0.4 is 0 Å². The van der Waals surface area contributed by atoms with Crippen molar-refractivity contribution < 1.29 is 33.1 Å². The van der Waals surface area contributed by atoms with E-state index >= 15 is 0 Å². The molecule has 1 atom stereocenters. The van der Waals surface area contributed by atoms with E-state index in [9.17, 15) is 14.2 Å². The first-order valence-electron chi connectivity index (χ1n) is 6.99. The van der Waals surface area contributed by atoms with Crippen LogP contribution in [-0.2, 0) is 23.3 Å². The molecule has 0 bridgehead atoms. The lowest BCUT2D eigenvalue weighted by atomic mass is 10.1. The standard InChI is InChI=1S/C13H27O7PSi/c1-13(2,3)22(5,6)20-11(8-12(15)19-4)7-10(14)9-21(16,17)18/h11H,7-9H2,1-6H3,(H2,16,17,18). The van der Waals surface area contributed by atoms with E-state index in [2.05, 4.69) is 4.74 Å². The van der Waals surface area contributed by atoms with Crippen molar-refractivity contribution in [2.24, 2.45) is 0 Å². The Morgan fingerprint density at radius 2 is 1.68 bits per heavy atom. The first kappa shape index (κ1) is 21.5. The molecule has 0 radical (unpaired) electrons. The summed E-state index contributed by atoms with van der Waals surface area (Å²) in [4.78, 5) is 41.0. The zero-order valence-corrected chi connectivity index (χ0v) is 16.0. The highest BCUT2D eigenvalue weighted by Gasteiger charge is 2.40. The van der Waals surface area contributed by atoms with Gasteiger partial charge in [-0.25, -0.2) is 0 Å². The summed E-state index contributed by atoms with van der Waals surface area (Å²) in [6.45, 7) is 10.0. The summed E-state index contributed by atoms with van der Waals surface area (Å²) in [5.41, 5.74) is 0. The van der Waals surface area contributed by atoms with Crippen LogP contribution in [0.15, 0.2) is 0 Å². The van der Waals surface area contributed by atoms with Gasteiger partial charge < -0.3 is 18.9 Å². The number of hydrogen-bond acceptors (Lipinski definition) is 5. The molecule has 0 spiro atoms. The Morgan fingerprint density at radius 3 is 2.05 bits per heavy atom. The summed E-state index contributed by atoms with van der Waals surface area (Å²) in [5, 5.41) is -0.117. The highest BCUT2D eigenvalue weighted by Crippen LogP contribution is 2.39. The predicted octanol–water partition coefficient (Wildman–Crippen LogP) is 2.08. The average molecular weight is 354 g/mol. The number of carbonyl (C=O) groups is 2. The monoisotopic (exact) mass is 354 g/mol. The van der Waals surface area contributed by atoms with E-state index in [-0.39, 0.29) is 17.9 Å². The third-order valence-electron chi connectivity index (χ3n) is 3.73. The number of methoxy groups -OCH3 is 1. The molecule has 0 aliphatic carbocycles. The van der Waals surface area contributed by atoms with Crippen molar-refractivity contribution in [1.29, 1.82) is 0 Å². The molecule has 0 saturated carbocycles. The molecule has 0 heterocycles. The van der Waals surface area contributed by atoms with Gasteiger partial charge in [0.25, 0.3) is 0 Å². The van der Waals surface area contributed by atoms with Gasteiger partial charge in [0.05, 0.1) is 19.6 Å². The summed E-state index contributed by atoms with van der Waals surface area (Å²) in [7, 11) is -5.40. The highest BCUT2D eigenvalue weighted by molar-refractivity contribution is 7.52. The quantitative estimate of drug-likeness (QED) is 0.390. The molecule has 0 aromatic rings. The Hall–Kier alpha value is -0.533. The molecule has 0 fully saturated rings. The Bertz CT molecular complexity index is 450. The number of rotatable bonds is 8. The van der Waals surface area contributed by atoms with Crippen LogP contribution >= 0.6 is 7.60 Å². The Morgan fingerprint density at radius 1 is 1.18 bits per heavy atom. The van der Waals surface area contributed by atoms with Gasteiger partial charge in [0.15, 0.2) is 8.32 Å². The van der Waals surface area contributed by atoms with Crippen LogP contribution in [0.1, 0.15) is 33.6 Å². The number of hydrogen-bond donors (Lipinski definition) is 2. The smallest absolute Gasteiger partial charge is 0.332 e. The zero-order chi connectivity index (χ0) is 17.8. The van der Waals surface area contributed by atoms with Gasteiger partial charge in [-0.2, -0.15) is 0 Å². The minimum atomic E-state index is -4.41. The molecule has 1 unspecified atom stereocenters. The lowest BCUT2D eigenvalue weighted by Crippen LogP contribution is -2.45. The fourth-order valence-corrected chi connectivity index (χ4v) is 3.51. The van der Waals surface area contributed by atoms with Crippen LogP contribution in [-0.4, -0.2) is 49.2 Å². The molecule has 0 aliphatic heterocycles. The van der Waals surface area contributed by atoms with Crippen molar-refractivity contribution in [2.75, 3.05) is 13.3 Å². The Balaban J connectivity index is 5.03. The normalized spacial score (nSPS) is 14.5. The maximum atomic E-state index is 11.8. The number of Topliss-reactive ketones (excluding diaryl/α,β-unsaturated/α-hetero) is 1. The van der Waals surface area contributed by atoms with Gasteiger partial charge in [-0.05, 0) is 18.1 Å². The van der Waals surface area contributed by atoms with E-state index in [1.54, 1.807) is 0 Å². The summed E-state index contributed by atoms with van der Waals surface area (Å²) >= 11 is 0. The molecule has 9 heteroatoms.